The van der Waals surface area contributed by atoms with Crippen molar-refractivity contribution in [2.24, 2.45) is 0 Å². The van der Waals surface area contributed by atoms with E-state index in [1.54, 1.807) is 41.4 Å². The van der Waals surface area contributed by atoms with Crippen LogP contribution in [0.4, 0.5) is 5.82 Å². The summed E-state index contributed by atoms with van der Waals surface area (Å²) in [6.07, 6.45) is 4.81. The first kappa shape index (κ1) is 21.2. The number of rotatable bonds is 11. The number of hydrogen-bond acceptors (Lipinski definition) is 8. The molecule has 4 rings (SSSR count). The molecule has 10 nitrogen and oxygen atoms in total. The van der Waals surface area contributed by atoms with E-state index in [0.29, 0.717) is 43.5 Å². The summed E-state index contributed by atoms with van der Waals surface area (Å²) in [5, 5.41) is 11.2. The third-order valence-corrected chi connectivity index (χ3v) is 4.59. The van der Waals surface area contributed by atoms with Crippen molar-refractivity contribution in [2.75, 3.05) is 25.1 Å². The molecular formula is C22H24N6O4. The Morgan fingerprint density at radius 1 is 1.12 bits per heavy atom. The molecule has 10 heteroatoms. The van der Waals surface area contributed by atoms with Crippen LogP contribution < -0.4 is 20.1 Å². The maximum absolute atomic E-state index is 12.1. The summed E-state index contributed by atoms with van der Waals surface area (Å²) in [6, 6.07) is 10.9. The van der Waals surface area contributed by atoms with Crippen LogP contribution in [-0.2, 0) is 17.9 Å². The van der Waals surface area contributed by atoms with Crippen LogP contribution in [0.3, 0.4) is 0 Å². The van der Waals surface area contributed by atoms with E-state index in [1.807, 2.05) is 19.1 Å². The van der Waals surface area contributed by atoms with Crippen LogP contribution >= 0.6 is 0 Å². The molecule has 0 saturated heterocycles. The summed E-state index contributed by atoms with van der Waals surface area (Å²) in [5.41, 5.74) is 0.682. The number of aromatic nitrogens is 4. The third kappa shape index (κ3) is 5.34. The second kappa shape index (κ2) is 10.3. The normalized spacial score (nSPS) is 10.8. The summed E-state index contributed by atoms with van der Waals surface area (Å²) in [4.78, 5) is 20.7. The molecule has 0 spiro atoms. The van der Waals surface area contributed by atoms with Gasteiger partial charge in [-0.1, -0.05) is 0 Å². The van der Waals surface area contributed by atoms with Crippen molar-refractivity contribution in [1.82, 2.24) is 25.1 Å². The van der Waals surface area contributed by atoms with E-state index in [-0.39, 0.29) is 12.5 Å². The molecule has 0 unspecified atom stereocenters. The van der Waals surface area contributed by atoms with Crippen LogP contribution in [0.25, 0.3) is 11.0 Å². The van der Waals surface area contributed by atoms with Crippen LogP contribution in [0.15, 0.2) is 59.6 Å². The quantitative estimate of drug-likeness (QED) is 0.369. The number of hydrogen-bond donors (Lipinski definition) is 2. The number of nitrogens with one attached hydrogen (secondary N) is 2. The average Bonchev–Trinajstić information content (AvgIpc) is 3.48. The van der Waals surface area contributed by atoms with Crippen molar-refractivity contribution in [3.63, 3.8) is 0 Å². The number of anilines is 1. The van der Waals surface area contributed by atoms with Gasteiger partial charge in [-0.2, -0.15) is 5.10 Å². The lowest BCUT2D eigenvalue weighted by atomic mass is 10.3. The highest BCUT2D eigenvalue weighted by Crippen LogP contribution is 2.19. The molecular weight excluding hydrogens is 412 g/mol. The topological polar surface area (TPSA) is 116 Å². The van der Waals surface area contributed by atoms with Crippen LogP contribution in [0, 0.1) is 0 Å². The Bertz CT molecular complexity index is 1140. The molecule has 0 aliphatic heterocycles. The lowest BCUT2D eigenvalue weighted by Crippen LogP contribution is -2.31. The predicted octanol–water partition coefficient (Wildman–Crippen LogP) is 2.63. The number of ether oxygens (including phenoxy) is 2. The Balaban J connectivity index is 1.26. The van der Waals surface area contributed by atoms with Crippen LogP contribution in [-0.4, -0.2) is 45.4 Å². The minimum Gasteiger partial charge on any atom is -0.494 e. The fraction of sp³-hybridized carbons (Fsp3) is 0.273. The standard InChI is InChI=1S/C22H24N6O4/c1-2-30-16-5-7-17(8-6-16)32-14-20(29)23-9-10-28-22-19(13-27-28)21(25-15-26-22)24-12-18-4-3-11-31-18/h3-8,11,13,15H,2,9-10,12,14H2,1H3,(H,23,29)(H,24,25,26). The Morgan fingerprint density at radius 2 is 1.94 bits per heavy atom. The zero-order valence-corrected chi connectivity index (χ0v) is 17.7. The Labute approximate surface area is 184 Å². The van der Waals surface area contributed by atoms with Gasteiger partial charge in [0, 0.05) is 6.54 Å². The molecule has 2 N–H and O–H groups in total. The fourth-order valence-corrected chi connectivity index (χ4v) is 3.08. The second-order valence-corrected chi connectivity index (χ2v) is 6.80. The largest absolute Gasteiger partial charge is 0.494 e. The Morgan fingerprint density at radius 3 is 2.69 bits per heavy atom. The van der Waals surface area contributed by atoms with E-state index < -0.39 is 0 Å². The highest BCUT2D eigenvalue weighted by atomic mass is 16.5. The number of carbonyl (C=O) groups is 1. The minimum absolute atomic E-state index is 0.0726. The SMILES string of the molecule is CCOc1ccc(OCC(=O)NCCn2ncc3c(NCc4ccco4)ncnc32)cc1. The van der Waals surface area contributed by atoms with Crippen molar-refractivity contribution < 1.29 is 18.7 Å². The average molecular weight is 436 g/mol. The molecule has 0 fully saturated rings. The molecule has 1 aromatic carbocycles. The van der Waals surface area contributed by atoms with Gasteiger partial charge in [0.1, 0.15) is 29.4 Å². The maximum Gasteiger partial charge on any atom is 0.258 e. The molecule has 3 heterocycles. The number of furan rings is 1. The number of amides is 1. The van der Waals surface area contributed by atoms with Crippen LogP contribution in [0.2, 0.25) is 0 Å². The molecule has 4 aromatic rings. The van der Waals surface area contributed by atoms with E-state index in [4.69, 9.17) is 13.9 Å². The highest BCUT2D eigenvalue weighted by Gasteiger charge is 2.11. The van der Waals surface area contributed by atoms with Crippen molar-refractivity contribution in [3.05, 3.63) is 60.9 Å². The van der Waals surface area contributed by atoms with E-state index in [2.05, 4.69) is 25.7 Å². The Hall–Kier alpha value is -4.08. The first-order valence-corrected chi connectivity index (χ1v) is 10.3. The molecule has 32 heavy (non-hydrogen) atoms. The Kier molecular flexibility index (Phi) is 6.81. The number of nitrogens with zero attached hydrogens (tertiary/aromatic N) is 4. The van der Waals surface area contributed by atoms with Crippen molar-refractivity contribution in [1.29, 1.82) is 0 Å². The van der Waals surface area contributed by atoms with Gasteiger partial charge < -0.3 is 24.5 Å². The molecule has 0 bridgehead atoms. The van der Waals surface area contributed by atoms with Gasteiger partial charge >= 0.3 is 0 Å². The summed E-state index contributed by atoms with van der Waals surface area (Å²) in [5.74, 6) is 2.63. The summed E-state index contributed by atoms with van der Waals surface area (Å²) >= 11 is 0. The summed E-state index contributed by atoms with van der Waals surface area (Å²) in [6.45, 7) is 3.81. The van der Waals surface area contributed by atoms with Crippen molar-refractivity contribution in [2.45, 2.75) is 20.0 Å². The van der Waals surface area contributed by atoms with Crippen molar-refractivity contribution >= 4 is 22.8 Å². The number of benzene rings is 1. The van der Waals surface area contributed by atoms with E-state index >= 15 is 0 Å². The number of fused-ring (bicyclic) bond motifs is 1. The van der Waals surface area contributed by atoms with Gasteiger partial charge in [-0.25, -0.2) is 14.6 Å². The summed E-state index contributed by atoms with van der Waals surface area (Å²) in [7, 11) is 0. The van der Waals surface area contributed by atoms with Gasteiger partial charge in [0.2, 0.25) is 0 Å². The fourth-order valence-electron chi connectivity index (χ4n) is 3.08. The van der Waals surface area contributed by atoms with E-state index in [1.165, 1.54) is 6.33 Å². The first-order valence-electron chi connectivity index (χ1n) is 10.3. The minimum atomic E-state index is -0.217. The zero-order valence-electron chi connectivity index (χ0n) is 17.7. The molecule has 3 aromatic heterocycles. The molecule has 0 atom stereocenters. The third-order valence-electron chi connectivity index (χ3n) is 4.59. The highest BCUT2D eigenvalue weighted by molar-refractivity contribution is 5.86. The molecule has 0 aliphatic carbocycles. The smallest absolute Gasteiger partial charge is 0.258 e. The molecule has 166 valence electrons. The maximum atomic E-state index is 12.1. The van der Waals surface area contributed by atoms with Gasteiger partial charge in [-0.05, 0) is 43.3 Å². The lowest BCUT2D eigenvalue weighted by molar-refractivity contribution is -0.123. The van der Waals surface area contributed by atoms with Crippen LogP contribution in [0.5, 0.6) is 11.5 Å². The van der Waals surface area contributed by atoms with Gasteiger partial charge in [-0.15, -0.1) is 0 Å². The van der Waals surface area contributed by atoms with Gasteiger partial charge in [0.05, 0.1) is 37.5 Å². The molecule has 0 radical (unpaired) electrons. The predicted molar refractivity (Wildman–Crippen MR) is 117 cm³/mol. The van der Waals surface area contributed by atoms with Gasteiger partial charge in [0.15, 0.2) is 12.3 Å². The van der Waals surface area contributed by atoms with Crippen LogP contribution in [0.1, 0.15) is 12.7 Å². The van der Waals surface area contributed by atoms with Crippen molar-refractivity contribution in [3.8, 4) is 11.5 Å². The molecule has 0 saturated carbocycles. The molecule has 1 amide bonds. The van der Waals surface area contributed by atoms with E-state index in [0.717, 1.165) is 16.9 Å². The monoisotopic (exact) mass is 436 g/mol. The lowest BCUT2D eigenvalue weighted by Gasteiger charge is -2.09. The summed E-state index contributed by atoms with van der Waals surface area (Å²) < 4.78 is 17.9. The zero-order chi connectivity index (χ0) is 22.2. The van der Waals surface area contributed by atoms with Gasteiger partial charge in [0.25, 0.3) is 5.91 Å². The second-order valence-electron chi connectivity index (χ2n) is 6.80. The number of carbonyl (C=O) groups excluding carboxylic acids is 1. The van der Waals surface area contributed by atoms with Gasteiger partial charge in [-0.3, -0.25) is 4.79 Å². The van der Waals surface area contributed by atoms with E-state index in [9.17, 15) is 4.79 Å². The first-order chi connectivity index (χ1) is 15.7. The molecule has 0 aliphatic rings.